The van der Waals surface area contributed by atoms with E-state index in [4.69, 9.17) is 5.11 Å². The number of amides is 3. The van der Waals surface area contributed by atoms with Crippen molar-refractivity contribution in [2.75, 3.05) is 20.1 Å². The van der Waals surface area contributed by atoms with Gasteiger partial charge in [0.15, 0.2) is 0 Å². The number of rotatable bonds is 4. The second-order valence-corrected chi connectivity index (χ2v) is 2.12. The number of aliphatic carboxylic acids is 1. The van der Waals surface area contributed by atoms with Gasteiger partial charge in [-0.15, -0.1) is 0 Å². The number of carboxylic acids is 1. The quantitative estimate of drug-likeness (QED) is 0.414. The lowest BCUT2D eigenvalue weighted by Crippen LogP contribution is -2.42. The Kier molecular flexibility index (Phi) is 5.20. The van der Waals surface area contributed by atoms with Crippen LogP contribution >= 0.6 is 0 Å². The van der Waals surface area contributed by atoms with Crippen molar-refractivity contribution in [3.05, 3.63) is 0 Å². The van der Waals surface area contributed by atoms with E-state index in [9.17, 15) is 14.4 Å². The van der Waals surface area contributed by atoms with E-state index in [-0.39, 0.29) is 13.1 Å². The summed E-state index contributed by atoms with van der Waals surface area (Å²) < 4.78 is 0. The molecule has 0 fully saturated rings. The third kappa shape index (κ3) is 6.76. The van der Waals surface area contributed by atoms with Crippen molar-refractivity contribution in [2.24, 2.45) is 0 Å². The maximum Gasteiger partial charge on any atom is 0.321 e. The van der Waals surface area contributed by atoms with Gasteiger partial charge in [0.1, 0.15) is 0 Å². The Morgan fingerprint density at radius 3 is 2.31 bits per heavy atom. The monoisotopic (exact) mass is 189 g/mol. The van der Waals surface area contributed by atoms with Crippen molar-refractivity contribution in [3.63, 3.8) is 0 Å². The van der Waals surface area contributed by atoms with Crippen LogP contribution in [0, 0.1) is 0 Å². The molecule has 13 heavy (non-hydrogen) atoms. The minimum atomic E-state index is -1.06. The molecule has 0 radical (unpaired) electrons. The number of hydrogen-bond donors (Lipinski definition) is 4. The molecule has 0 spiro atoms. The molecule has 0 aliphatic rings. The molecule has 0 bridgehead atoms. The third-order valence-corrected chi connectivity index (χ3v) is 1.04. The van der Waals surface area contributed by atoms with Crippen molar-refractivity contribution >= 4 is 17.9 Å². The molecule has 7 heteroatoms. The predicted molar refractivity (Wildman–Crippen MR) is 43.1 cm³/mol. The van der Waals surface area contributed by atoms with Gasteiger partial charge in [0, 0.05) is 7.05 Å². The van der Waals surface area contributed by atoms with Crippen LogP contribution in [-0.4, -0.2) is 43.2 Å². The molecule has 0 unspecified atom stereocenters. The molecule has 3 amide bonds. The number of urea groups is 1. The first kappa shape index (κ1) is 11.4. The van der Waals surface area contributed by atoms with Gasteiger partial charge >= 0.3 is 12.0 Å². The van der Waals surface area contributed by atoms with E-state index in [0.717, 1.165) is 0 Å². The van der Waals surface area contributed by atoms with Crippen LogP contribution in [0.1, 0.15) is 0 Å². The van der Waals surface area contributed by atoms with Gasteiger partial charge < -0.3 is 10.4 Å². The molecule has 0 aliphatic heterocycles. The Bertz CT molecular complexity index is 216. The zero-order valence-electron chi connectivity index (χ0n) is 7.09. The highest BCUT2D eigenvalue weighted by Crippen LogP contribution is 1.66. The molecule has 0 saturated heterocycles. The molecular weight excluding hydrogens is 178 g/mol. The van der Waals surface area contributed by atoms with E-state index in [1.807, 2.05) is 5.32 Å². The van der Waals surface area contributed by atoms with Gasteiger partial charge in [-0.3, -0.25) is 20.2 Å². The average Bonchev–Trinajstić information content (AvgIpc) is 2.03. The van der Waals surface area contributed by atoms with E-state index >= 15 is 0 Å². The van der Waals surface area contributed by atoms with Crippen LogP contribution in [-0.2, 0) is 9.59 Å². The summed E-state index contributed by atoms with van der Waals surface area (Å²) in [6, 6.07) is -0.623. The minimum absolute atomic E-state index is 0.209. The van der Waals surface area contributed by atoms with Crippen LogP contribution in [0.25, 0.3) is 0 Å². The maximum absolute atomic E-state index is 10.8. The van der Waals surface area contributed by atoms with Gasteiger partial charge in [-0.1, -0.05) is 0 Å². The highest BCUT2D eigenvalue weighted by atomic mass is 16.4. The zero-order chi connectivity index (χ0) is 10.3. The first-order chi connectivity index (χ1) is 6.06. The molecule has 0 aromatic rings. The van der Waals surface area contributed by atoms with E-state index < -0.39 is 17.9 Å². The van der Waals surface area contributed by atoms with Crippen molar-refractivity contribution in [3.8, 4) is 0 Å². The van der Waals surface area contributed by atoms with Gasteiger partial charge in [-0.05, 0) is 0 Å². The van der Waals surface area contributed by atoms with Crippen molar-refractivity contribution in [2.45, 2.75) is 0 Å². The van der Waals surface area contributed by atoms with Crippen LogP contribution in [0.2, 0.25) is 0 Å². The average molecular weight is 189 g/mol. The van der Waals surface area contributed by atoms with Gasteiger partial charge in [0.25, 0.3) is 0 Å². The Morgan fingerprint density at radius 1 is 1.23 bits per heavy atom. The Labute approximate surface area is 74.5 Å². The van der Waals surface area contributed by atoms with Crippen LogP contribution in [0.5, 0.6) is 0 Å². The highest BCUT2D eigenvalue weighted by Gasteiger charge is 2.05. The molecule has 0 aromatic heterocycles. The molecule has 4 N–H and O–H groups in total. The molecule has 0 atom stereocenters. The lowest BCUT2D eigenvalue weighted by molar-refractivity contribution is -0.135. The lowest BCUT2D eigenvalue weighted by Gasteiger charge is -2.02. The molecule has 0 aromatic carbocycles. The Balaban J connectivity index is 3.52. The highest BCUT2D eigenvalue weighted by molar-refractivity contribution is 5.95. The summed E-state index contributed by atoms with van der Waals surface area (Å²) in [6.07, 6.45) is 0. The van der Waals surface area contributed by atoms with E-state index in [2.05, 4.69) is 10.6 Å². The second kappa shape index (κ2) is 5.95. The number of nitrogens with one attached hydrogen (secondary N) is 3. The Morgan fingerprint density at radius 2 is 1.85 bits per heavy atom. The summed E-state index contributed by atoms with van der Waals surface area (Å²) in [6.45, 7) is -0.527. The fourth-order valence-electron chi connectivity index (χ4n) is 0.516. The minimum Gasteiger partial charge on any atom is -0.480 e. The fourth-order valence-corrected chi connectivity index (χ4v) is 0.516. The summed E-state index contributed by atoms with van der Waals surface area (Å²) in [7, 11) is 1.37. The SMILES string of the molecule is CNC(=O)NC(=O)CNCC(=O)O. The standard InChI is InChI=1S/C6H11N3O4/c1-7-6(13)9-4(10)2-8-3-5(11)12/h8H,2-3H2,1H3,(H,11,12)(H2,7,9,10,13). The first-order valence-electron chi connectivity index (χ1n) is 3.50. The molecule has 0 rings (SSSR count). The largest absolute Gasteiger partial charge is 0.480 e. The van der Waals surface area contributed by atoms with Crippen molar-refractivity contribution < 1.29 is 19.5 Å². The smallest absolute Gasteiger partial charge is 0.321 e. The zero-order valence-corrected chi connectivity index (χ0v) is 7.09. The number of carbonyl (C=O) groups excluding carboxylic acids is 2. The van der Waals surface area contributed by atoms with Gasteiger partial charge in [-0.2, -0.15) is 0 Å². The lowest BCUT2D eigenvalue weighted by atomic mass is 10.5. The summed E-state index contributed by atoms with van der Waals surface area (Å²) >= 11 is 0. The fraction of sp³-hybridized carbons (Fsp3) is 0.500. The molecule has 0 heterocycles. The number of imide groups is 1. The normalized spacial score (nSPS) is 9.00. The third-order valence-electron chi connectivity index (χ3n) is 1.04. The van der Waals surface area contributed by atoms with Crippen molar-refractivity contribution in [1.29, 1.82) is 0 Å². The van der Waals surface area contributed by atoms with Crippen LogP contribution in [0.15, 0.2) is 0 Å². The first-order valence-corrected chi connectivity index (χ1v) is 3.50. The number of hydrogen-bond acceptors (Lipinski definition) is 4. The summed E-state index contributed by atoms with van der Waals surface area (Å²) in [5, 5.41) is 14.6. The summed E-state index contributed by atoms with van der Waals surface area (Å²) in [5.74, 6) is -1.65. The van der Waals surface area contributed by atoms with Gasteiger partial charge in [-0.25, -0.2) is 4.79 Å². The van der Waals surface area contributed by atoms with Gasteiger partial charge in [0.05, 0.1) is 13.1 Å². The second-order valence-electron chi connectivity index (χ2n) is 2.12. The van der Waals surface area contributed by atoms with E-state index in [0.29, 0.717) is 0 Å². The van der Waals surface area contributed by atoms with E-state index in [1.165, 1.54) is 7.05 Å². The summed E-state index contributed by atoms with van der Waals surface area (Å²) in [4.78, 5) is 31.3. The number of carboxylic acid groups (broad SMARTS) is 1. The molecule has 0 aliphatic carbocycles. The van der Waals surface area contributed by atoms with E-state index in [1.54, 1.807) is 0 Å². The Hall–Kier alpha value is -1.63. The molecule has 0 saturated carbocycles. The topological polar surface area (TPSA) is 108 Å². The van der Waals surface area contributed by atoms with Crippen LogP contribution in [0.4, 0.5) is 4.79 Å². The van der Waals surface area contributed by atoms with Crippen LogP contribution in [0.3, 0.4) is 0 Å². The summed E-state index contributed by atoms with van der Waals surface area (Å²) in [5.41, 5.74) is 0. The predicted octanol–water partition coefficient (Wildman–Crippen LogP) is -1.88. The van der Waals surface area contributed by atoms with Crippen molar-refractivity contribution in [1.82, 2.24) is 16.0 Å². The maximum atomic E-state index is 10.8. The molecule has 74 valence electrons. The number of carbonyl (C=O) groups is 3. The van der Waals surface area contributed by atoms with Gasteiger partial charge in [0.2, 0.25) is 5.91 Å². The molecule has 7 nitrogen and oxygen atoms in total. The molecular formula is C6H11N3O4. The van der Waals surface area contributed by atoms with Crippen LogP contribution < -0.4 is 16.0 Å².